The summed E-state index contributed by atoms with van der Waals surface area (Å²) in [4.78, 5) is 53.1. The number of piperidine rings is 1. The number of aromatic nitrogens is 2. The number of likely N-dealkylation sites (tertiary alicyclic amines) is 2. The lowest BCUT2D eigenvalue weighted by molar-refractivity contribution is -0.138. The van der Waals surface area contributed by atoms with Crippen molar-refractivity contribution in [3.8, 4) is 0 Å². The maximum absolute atomic E-state index is 13.8. The molecule has 2 amide bonds. The molecule has 0 radical (unpaired) electrons. The first kappa shape index (κ1) is 33.5. The van der Waals surface area contributed by atoms with Gasteiger partial charge in [0.15, 0.2) is 5.01 Å². The number of fused-ring (bicyclic) bond motifs is 2. The fraction of sp³-hybridized carbons (Fsp3) is 0.583. The van der Waals surface area contributed by atoms with Crippen LogP contribution >= 0.6 is 11.3 Å². The van der Waals surface area contributed by atoms with Crippen LogP contribution in [0.25, 0.3) is 10.3 Å². The van der Waals surface area contributed by atoms with Crippen molar-refractivity contribution in [3.05, 3.63) is 57.7 Å². The van der Waals surface area contributed by atoms with Crippen LogP contribution in [0.5, 0.6) is 0 Å². The van der Waals surface area contributed by atoms with Crippen LogP contribution < -0.4 is 10.6 Å². The minimum absolute atomic E-state index is 0.106. The Morgan fingerprint density at radius 2 is 1.83 bits per heavy atom. The van der Waals surface area contributed by atoms with Gasteiger partial charge in [-0.15, -0.1) is 0 Å². The predicted molar refractivity (Wildman–Crippen MR) is 184 cm³/mol. The van der Waals surface area contributed by atoms with E-state index >= 15 is 0 Å². The molecule has 252 valence electrons. The van der Waals surface area contributed by atoms with Crippen molar-refractivity contribution in [1.82, 2.24) is 30.4 Å². The molecular formula is C36H48N6O4S. The second kappa shape index (κ2) is 14.0. The zero-order valence-electron chi connectivity index (χ0n) is 28.1. The number of carboxylic acids is 1. The molecule has 0 unspecified atom stereocenters. The van der Waals surface area contributed by atoms with Gasteiger partial charge in [-0.1, -0.05) is 44.2 Å². The van der Waals surface area contributed by atoms with Gasteiger partial charge in [-0.25, -0.2) is 9.97 Å². The van der Waals surface area contributed by atoms with Gasteiger partial charge >= 0.3 is 5.97 Å². The highest BCUT2D eigenvalue weighted by atomic mass is 32.1. The summed E-state index contributed by atoms with van der Waals surface area (Å²) in [5.41, 5.74) is 4.83. The number of benzene rings is 1. The van der Waals surface area contributed by atoms with E-state index in [2.05, 4.69) is 47.3 Å². The molecule has 4 heterocycles. The minimum Gasteiger partial charge on any atom is -0.481 e. The maximum atomic E-state index is 13.8. The smallest absolute Gasteiger partial charge is 0.303 e. The molecule has 2 aliphatic heterocycles. The Bertz CT molecular complexity index is 1620. The normalized spacial score (nSPS) is 20.4. The molecule has 0 spiro atoms. The number of rotatable bonds is 10. The van der Waals surface area contributed by atoms with Gasteiger partial charge in [-0.05, 0) is 105 Å². The van der Waals surface area contributed by atoms with Crippen molar-refractivity contribution in [2.75, 3.05) is 39.8 Å². The Morgan fingerprint density at radius 3 is 2.53 bits per heavy atom. The van der Waals surface area contributed by atoms with Gasteiger partial charge in [0.05, 0.1) is 12.1 Å². The third-order valence-electron chi connectivity index (χ3n) is 10.3. The SMILES string of the molecule is CN1CC(NC(=O)c2cccc([C@@H](CCN3CCC(CC(=O)O)CC3)NC(=O)c3nc4cc5c(nc4s3)CC[C@H](C(C)(C)C)C5)c2)C1. The quantitative estimate of drug-likeness (QED) is 0.279. The molecule has 3 aromatic rings. The highest BCUT2D eigenvalue weighted by molar-refractivity contribution is 7.19. The van der Waals surface area contributed by atoms with Crippen LogP contribution in [-0.4, -0.2) is 88.5 Å². The molecule has 10 nitrogen and oxygen atoms in total. The first-order valence-corrected chi connectivity index (χ1v) is 17.9. The molecule has 3 aliphatic rings. The summed E-state index contributed by atoms with van der Waals surface area (Å²) < 4.78 is 0. The number of aliphatic carboxylic acids is 1. The van der Waals surface area contributed by atoms with E-state index in [1.807, 2.05) is 31.3 Å². The average Bonchev–Trinajstić information content (AvgIpc) is 3.44. The van der Waals surface area contributed by atoms with Crippen LogP contribution in [0.4, 0.5) is 0 Å². The first-order chi connectivity index (χ1) is 22.4. The molecule has 2 saturated heterocycles. The van der Waals surface area contributed by atoms with Gasteiger partial charge in [0.25, 0.3) is 11.8 Å². The highest BCUT2D eigenvalue weighted by Crippen LogP contribution is 2.38. The number of aryl methyl sites for hydroxylation is 1. The molecule has 11 heteroatoms. The summed E-state index contributed by atoms with van der Waals surface area (Å²) >= 11 is 1.34. The van der Waals surface area contributed by atoms with Gasteiger partial charge in [0.2, 0.25) is 0 Å². The number of likely N-dealkylation sites (N-methyl/N-ethyl adjacent to an activating group) is 1. The molecule has 6 rings (SSSR count). The number of carboxylic acid groups (broad SMARTS) is 1. The van der Waals surface area contributed by atoms with E-state index in [-0.39, 0.29) is 41.7 Å². The van der Waals surface area contributed by atoms with E-state index in [0.29, 0.717) is 22.9 Å². The molecule has 0 saturated carbocycles. The Labute approximate surface area is 281 Å². The van der Waals surface area contributed by atoms with Gasteiger partial charge < -0.3 is 25.5 Å². The second-order valence-electron chi connectivity index (χ2n) is 15.0. The van der Waals surface area contributed by atoms with Crippen LogP contribution in [0, 0.1) is 17.3 Å². The molecule has 3 N–H and O–H groups in total. The number of pyridine rings is 1. The summed E-state index contributed by atoms with van der Waals surface area (Å²) in [5, 5.41) is 16.0. The fourth-order valence-electron chi connectivity index (χ4n) is 7.32. The second-order valence-corrected chi connectivity index (χ2v) is 15.9. The van der Waals surface area contributed by atoms with Crippen LogP contribution in [0.1, 0.15) is 95.9 Å². The first-order valence-electron chi connectivity index (χ1n) is 17.0. The number of carbonyl (C=O) groups is 3. The van der Waals surface area contributed by atoms with E-state index in [1.54, 1.807) is 0 Å². The van der Waals surface area contributed by atoms with Crippen LogP contribution in [0.15, 0.2) is 30.3 Å². The Kier molecular flexibility index (Phi) is 9.96. The lowest BCUT2D eigenvalue weighted by atomic mass is 9.71. The molecule has 47 heavy (non-hydrogen) atoms. The fourth-order valence-corrected chi connectivity index (χ4v) is 8.16. The third-order valence-corrected chi connectivity index (χ3v) is 11.3. The number of carbonyl (C=O) groups excluding carboxylic acids is 2. The lowest BCUT2D eigenvalue weighted by Crippen LogP contribution is -2.57. The maximum Gasteiger partial charge on any atom is 0.303 e. The van der Waals surface area contributed by atoms with Crippen molar-refractivity contribution in [1.29, 1.82) is 0 Å². The van der Waals surface area contributed by atoms with Crippen LogP contribution in [0.3, 0.4) is 0 Å². The molecular weight excluding hydrogens is 613 g/mol. The van der Waals surface area contributed by atoms with E-state index < -0.39 is 5.97 Å². The standard InChI is InChI=1S/C36H48N6O4S/c1-36(2,3)26-8-9-28-25(18-26)19-30-34(39-28)47-35(40-30)33(46)38-29(12-15-42-13-10-22(11-14-42)16-31(43)44)23-6-5-7-24(17-23)32(45)37-27-20-41(4)21-27/h5-7,17,19,22,26-27,29H,8-16,18,20-21H2,1-4H3,(H,37,45)(H,38,46)(H,43,44)/t26-,29+/m0/s1. The van der Waals surface area contributed by atoms with Gasteiger partial charge in [-0.2, -0.15) is 0 Å². The number of nitrogens with zero attached hydrogens (tertiary/aromatic N) is 4. The van der Waals surface area contributed by atoms with E-state index in [9.17, 15) is 19.5 Å². The predicted octanol–water partition coefficient (Wildman–Crippen LogP) is 4.93. The Balaban J connectivity index is 1.18. The molecule has 1 aliphatic carbocycles. The van der Waals surface area contributed by atoms with Gasteiger partial charge in [-0.3, -0.25) is 14.4 Å². The van der Waals surface area contributed by atoms with Gasteiger partial charge in [0.1, 0.15) is 10.3 Å². The summed E-state index contributed by atoms with van der Waals surface area (Å²) in [6.45, 7) is 11.0. The summed E-state index contributed by atoms with van der Waals surface area (Å²) in [6, 6.07) is 9.51. The third kappa shape index (κ3) is 8.18. The van der Waals surface area contributed by atoms with Crippen molar-refractivity contribution in [2.24, 2.45) is 17.3 Å². The number of amides is 2. The highest BCUT2D eigenvalue weighted by Gasteiger charge is 2.31. The largest absolute Gasteiger partial charge is 0.481 e. The zero-order valence-corrected chi connectivity index (χ0v) is 28.9. The monoisotopic (exact) mass is 660 g/mol. The summed E-state index contributed by atoms with van der Waals surface area (Å²) in [6.07, 6.45) is 5.63. The van der Waals surface area contributed by atoms with E-state index in [1.165, 1.54) is 16.9 Å². The van der Waals surface area contributed by atoms with Crippen molar-refractivity contribution < 1.29 is 19.5 Å². The number of hydrogen-bond donors (Lipinski definition) is 3. The van der Waals surface area contributed by atoms with Crippen LogP contribution in [0.2, 0.25) is 0 Å². The Morgan fingerprint density at radius 1 is 1.06 bits per heavy atom. The topological polar surface area (TPSA) is 128 Å². The zero-order chi connectivity index (χ0) is 33.3. The van der Waals surface area contributed by atoms with Crippen molar-refractivity contribution >= 4 is 39.5 Å². The average molecular weight is 661 g/mol. The molecule has 2 fully saturated rings. The minimum atomic E-state index is -0.737. The molecule has 0 bridgehead atoms. The van der Waals surface area contributed by atoms with Crippen molar-refractivity contribution in [2.45, 2.75) is 77.8 Å². The summed E-state index contributed by atoms with van der Waals surface area (Å²) in [5.74, 6) is -0.282. The van der Waals surface area contributed by atoms with Gasteiger partial charge in [0, 0.05) is 37.3 Å². The molecule has 2 aromatic heterocycles. The van der Waals surface area contributed by atoms with E-state index in [0.717, 1.165) is 86.4 Å². The van der Waals surface area contributed by atoms with E-state index in [4.69, 9.17) is 9.97 Å². The van der Waals surface area contributed by atoms with Crippen LogP contribution in [-0.2, 0) is 17.6 Å². The summed E-state index contributed by atoms with van der Waals surface area (Å²) in [7, 11) is 2.03. The lowest BCUT2D eigenvalue weighted by Gasteiger charge is -2.36. The molecule has 2 atom stereocenters. The molecule has 1 aromatic carbocycles. The Hall–Kier alpha value is -3.41. The van der Waals surface area contributed by atoms with Crippen molar-refractivity contribution in [3.63, 3.8) is 0 Å². The number of thiazole rings is 1. The number of hydrogen-bond acceptors (Lipinski definition) is 8. The number of nitrogens with one attached hydrogen (secondary N) is 2.